The van der Waals surface area contributed by atoms with Crippen molar-refractivity contribution in [3.05, 3.63) is 40.6 Å². The smallest absolute Gasteiger partial charge is 0.254 e. The van der Waals surface area contributed by atoms with E-state index in [2.05, 4.69) is 16.5 Å². The minimum Gasteiger partial charge on any atom is -0.337 e. The number of rotatable bonds is 3. The molecule has 0 aromatic carbocycles. The van der Waals surface area contributed by atoms with Crippen LogP contribution in [0.2, 0.25) is 0 Å². The molecule has 20 heavy (non-hydrogen) atoms. The highest BCUT2D eigenvalue weighted by Gasteiger charge is 2.26. The number of hydrogen-bond acceptors (Lipinski definition) is 3. The van der Waals surface area contributed by atoms with E-state index in [1.807, 2.05) is 34.1 Å². The topological polar surface area (TPSA) is 38.1 Å². The summed E-state index contributed by atoms with van der Waals surface area (Å²) in [6.07, 6.45) is 7.02. The molecule has 1 fully saturated rings. The van der Waals surface area contributed by atoms with Crippen LogP contribution in [0.5, 0.6) is 0 Å². The van der Waals surface area contributed by atoms with Crippen molar-refractivity contribution < 1.29 is 4.79 Å². The fourth-order valence-electron chi connectivity index (χ4n) is 2.89. The number of imidazole rings is 1. The number of thiophene rings is 1. The molecule has 1 aliphatic heterocycles. The van der Waals surface area contributed by atoms with E-state index < -0.39 is 0 Å². The van der Waals surface area contributed by atoms with Gasteiger partial charge in [-0.05, 0) is 24.3 Å². The Morgan fingerprint density at radius 3 is 3.20 bits per heavy atom. The quantitative estimate of drug-likeness (QED) is 0.871. The number of nitrogens with zero attached hydrogens (tertiary/aromatic N) is 3. The molecule has 0 N–H and O–H groups in total. The maximum atomic E-state index is 12.4. The number of likely N-dealkylation sites (tertiary alicyclic amines) is 1. The zero-order chi connectivity index (χ0) is 13.9. The first-order valence-corrected chi connectivity index (χ1v) is 8.07. The molecule has 4 nitrogen and oxygen atoms in total. The fourth-order valence-corrected chi connectivity index (χ4v) is 3.51. The van der Waals surface area contributed by atoms with Gasteiger partial charge in [-0.25, -0.2) is 4.98 Å². The van der Waals surface area contributed by atoms with Gasteiger partial charge in [0.15, 0.2) is 0 Å². The van der Waals surface area contributed by atoms with E-state index in [1.165, 1.54) is 0 Å². The number of hydrogen-bond donors (Lipinski definition) is 0. The lowest BCUT2D eigenvalue weighted by Crippen LogP contribution is -2.40. The van der Waals surface area contributed by atoms with Crippen LogP contribution in [0.25, 0.3) is 0 Å². The van der Waals surface area contributed by atoms with Gasteiger partial charge in [0.25, 0.3) is 5.91 Å². The number of amides is 1. The van der Waals surface area contributed by atoms with Gasteiger partial charge in [0.2, 0.25) is 0 Å². The summed E-state index contributed by atoms with van der Waals surface area (Å²) in [7, 11) is 0. The fraction of sp³-hybridized carbons (Fsp3) is 0.467. The van der Waals surface area contributed by atoms with E-state index in [0.717, 1.165) is 43.7 Å². The average Bonchev–Trinajstić information content (AvgIpc) is 3.17. The standard InChI is InChI=1S/C15H19N3OS/c1-2-14-16-6-8-18(14)13-4-3-7-17(10-13)15(19)12-5-9-20-11-12/h5-6,8-9,11,13H,2-4,7,10H2,1H3. The number of carbonyl (C=O) groups is 1. The van der Waals surface area contributed by atoms with Crippen LogP contribution in [0.4, 0.5) is 0 Å². The molecule has 5 heteroatoms. The van der Waals surface area contributed by atoms with E-state index >= 15 is 0 Å². The zero-order valence-corrected chi connectivity index (χ0v) is 12.5. The normalized spacial score (nSPS) is 19.2. The first-order valence-electron chi connectivity index (χ1n) is 7.12. The third kappa shape index (κ3) is 2.50. The summed E-state index contributed by atoms with van der Waals surface area (Å²) in [5.41, 5.74) is 0.817. The van der Waals surface area contributed by atoms with E-state index in [4.69, 9.17) is 0 Å². The van der Waals surface area contributed by atoms with E-state index in [0.29, 0.717) is 6.04 Å². The van der Waals surface area contributed by atoms with Crippen molar-refractivity contribution in [1.82, 2.24) is 14.5 Å². The van der Waals surface area contributed by atoms with Crippen molar-refractivity contribution in [3.63, 3.8) is 0 Å². The molecule has 2 aromatic heterocycles. The molecule has 3 heterocycles. The van der Waals surface area contributed by atoms with Crippen molar-refractivity contribution in [2.45, 2.75) is 32.2 Å². The predicted molar refractivity (Wildman–Crippen MR) is 80.1 cm³/mol. The lowest BCUT2D eigenvalue weighted by Gasteiger charge is -2.34. The Labute approximate surface area is 123 Å². The summed E-state index contributed by atoms with van der Waals surface area (Å²) >= 11 is 1.57. The zero-order valence-electron chi connectivity index (χ0n) is 11.7. The molecule has 1 atom stereocenters. The summed E-state index contributed by atoms with van der Waals surface area (Å²) in [5.74, 6) is 1.27. The molecule has 3 rings (SSSR count). The van der Waals surface area contributed by atoms with Crippen LogP contribution >= 0.6 is 11.3 Å². The summed E-state index contributed by atoms with van der Waals surface area (Å²) in [4.78, 5) is 18.8. The third-order valence-corrected chi connectivity index (χ3v) is 4.59. The highest BCUT2D eigenvalue weighted by Crippen LogP contribution is 2.24. The van der Waals surface area contributed by atoms with Gasteiger partial charge in [0.05, 0.1) is 11.6 Å². The van der Waals surface area contributed by atoms with Crippen LogP contribution in [0.1, 0.15) is 42.0 Å². The second kappa shape index (κ2) is 5.79. The van der Waals surface area contributed by atoms with Gasteiger partial charge >= 0.3 is 0 Å². The predicted octanol–water partition coefficient (Wildman–Crippen LogP) is 2.98. The highest BCUT2D eigenvalue weighted by molar-refractivity contribution is 7.08. The monoisotopic (exact) mass is 289 g/mol. The molecule has 0 saturated carbocycles. The highest BCUT2D eigenvalue weighted by atomic mass is 32.1. The lowest BCUT2D eigenvalue weighted by atomic mass is 10.0. The average molecular weight is 289 g/mol. The van der Waals surface area contributed by atoms with Crippen LogP contribution in [-0.4, -0.2) is 33.4 Å². The summed E-state index contributed by atoms with van der Waals surface area (Å²) in [5, 5.41) is 3.89. The molecule has 1 saturated heterocycles. The molecule has 0 radical (unpaired) electrons. The lowest BCUT2D eigenvalue weighted by molar-refractivity contribution is 0.0678. The number of carbonyl (C=O) groups excluding carboxylic acids is 1. The number of aromatic nitrogens is 2. The molecule has 106 valence electrons. The Bertz CT molecular complexity index is 576. The Kier molecular flexibility index (Phi) is 3.87. The Morgan fingerprint density at radius 1 is 1.55 bits per heavy atom. The Balaban J connectivity index is 1.75. The Morgan fingerprint density at radius 2 is 2.45 bits per heavy atom. The minimum atomic E-state index is 0.161. The SMILES string of the molecule is CCc1nccn1C1CCCN(C(=O)c2ccsc2)C1. The van der Waals surface area contributed by atoms with Crippen molar-refractivity contribution >= 4 is 17.2 Å². The number of aryl methyl sites for hydroxylation is 1. The molecule has 1 amide bonds. The molecule has 0 bridgehead atoms. The van der Waals surface area contributed by atoms with Gasteiger partial charge in [0.1, 0.15) is 5.82 Å². The maximum Gasteiger partial charge on any atom is 0.254 e. The van der Waals surface area contributed by atoms with Crippen LogP contribution in [-0.2, 0) is 6.42 Å². The Hall–Kier alpha value is -1.62. The van der Waals surface area contributed by atoms with Gasteiger partial charge in [-0.3, -0.25) is 4.79 Å². The molecular formula is C15H19N3OS. The summed E-state index contributed by atoms with van der Waals surface area (Å²) < 4.78 is 2.24. The second-order valence-electron chi connectivity index (χ2n) is 5.16. The van der Waals surface area contributed by atoms with Gasteiger partial charge in [-0.2, -0.15) is 11.3 Å². The van der Waals surface area contributed by atoms with Crippen molar-refractivity contribution in [1.29, 1.82) is 0 Å². The molecule has 1 unspecified atom stereocenters. The summed E-state index contributed by atoms with van der Waals surface area (Å²) in [6, 6.07) is 2.27. The summed E-state index contributed by atoms with van der Waals surface area (Å²) in [6.45, 7) is 3.77. The van der Waals surface area contributed by atoms with Crippen LogP contribution in [0.3, 0.4) is 0 Å². The van der Waals surface area contributed by atoms with E-state index in [-0.39, 0.29) is 5.91 Å². The molecular weight excluding hydrogens is 270 g/mol. The van der Waals surface area contributed by atoms with E-state index in [1.54, 1.807) is 11.3 Å². The van der Waals surface area contributed by atoms with Crippen molar-refractivity contribution in [2.75, 3.05) is 13.1 Å². The van der Waals surface area contributed by atoms with Gasteiger partial charge in [0, 0.05) is 37.3 Å². The largest absolute Gasteiger partial charge is 0.337 e. The molecule has 2 aromatic rings. The van der Waals surface area contributed by atoms with Crippen molar-refractivity contribution in [2.24, 2.45) is 0 Å². The first kappa shape index (κ1) is 13.4. The maximum absolute atomic E-state index is 12.4. The van der Waals surface area contributed by atoms with Gasteiger partial charge in [-0.1, -0.05) is 6.92 Å². The minimum absolute atomic E-state index is 0.161. The molecule has 1 aliphatic rings. The third-order valence-electron chi connectivity index (χ3n) is 3.91. The van der Waals surface area contributed by atoms with Gasteiger partial charge in [-0.15, -0.1) is 0 Å². The molecule has 0 spiro atoms. The second-order valence-corrected chi connectivity index (χ2v) is 5.94. The van der Waals surface area contributed by atoms with Crippen molar-refractivity contribution in [3.8, 4) is 0 Å². The van der Waals surface area contributed by atoms with Crippen LogP contribution in [0, 0.1) is 0 Å². The number of piperidine rings is 1. The first-order chi connectivity index (χ1) is 9.79. The van der Waals surface area contributed by atoms with Crippen LogP contribution < -0.4 is 0 Å². The van der Waals surface area contributed by atoms with E-state index in [9.17, 15) is 4.79 Å². The van der Waals surface area contributed by atoms with Gasteiger partial charge < -0.3 is 9.47 Å². The molecule has 0 aliphatic carbocycles. The van der Waals surface area contributed by atoms with Crippen LogP contribution in [0.15, 0.2) is 29.2 Å².